The van der Waals surface area contributed by atoms with Gasteiger partial charge >= 0.3 is 11.9 Å². The lowest BCUT2D eigenvalue weighted by atomic mass is 9.88. The molecule has 0 unspecified atom stereocenters. The van der Waals surface area contributed by atoms with Crippen molar-refractivity contribution in [3.05, 3.63) is 35.5 Å². The molecule has 4 nitrogen and oxygen atoms in total. The highest BCUT2D eigenvalue weighted by molar-refractivity contribution is 5.92. The maximum atomic E-state index is 11.6. The minimum absolute atomic E-state index is 0.108. The fourth-order valence-corrected chi connectivity index (χ4v) is 2.54. The average Bonchev–Trinajstić information content (AvgIpc) is 2.61. The summed E-state index contributed by atoms with van der Waals surface area (Å²) >= 11 is 0. The fourth-order valence-electron chi connectivity index (χ4n) is 2.54. The van der Waals surface area contributed by atoms with Crippen molar-refractivity contribution in [1.29, 1.82) is 0 Å². The minimum atomic E-state index is -0.945. The van der Waals surface area contributed by atoms with Crippen molar-refractivity contribution in [2.75, 3.05) is 0 Å². The Kier molecular flexibility index (Phi) is 3.88. The van der Waals surface area contributed by atoms with Crippen LogP contribution in [-0.2, 0) is 14.3 Å². The van der Waals surface area contributed by atoms with E-state index in [-0.39, 0.29) is 5.92 Å². The molecule has 1 saturated heterocycles. The van der Waals surface area contributed by atoms with Gasteiger partial charge in [-0.25, -0.2) is 9.59 Å². The number of carbonyl (C=O) groups excluding carboxylic acids is 1. The topological polar surface area (TPSA) is 63.6 Å². The molecule has 0 spiro atoms. The third-order valence-electron chi connectivity index (χ3n) is 3.75. The Balaban J connectivity index is 2.32. The fraction of sp³-hybridized carbons (Fsp3) is 0.467. The van der Waals surface area contributed by atoms with Gasteiger partial charge in [-0.15, -0.1) is 0 Å². The number of aliphatic carboxylic acids is 1. The highest BCUT2D eigenvalue weighted by Crippen LogP contribution is 2.34. The normalized spacial score (nSPS) is 33.5. The van der Waals surface area contributed by atoms with Crippen molar-refractivity contribution in [2.45, 2.75) is 38.7 Å². The van der Waals surface area contributed by atoms with Gasteiger partial charge in [0.15, 0.2) is 0 Å². The van der Waals surface area contributed by atoms with Crippen molar-refractivity contribution in [2.24, 2.45) is 5.92 Å². The Morgan fingerprint density at radius 3 is 2.89 bits per heavy atom. The minimum Gasteiger partial charge on any atom is -0.478 e. The van der Waals surface area contributed by atoms with Crippen molar-refractivity contribution in [3.63, 3.8) is 0 Å². The van der Waals surface area contributed by atoms with E-state index in [0.717, 1.165) is 12.8 Å². The molecule has 0 aromatic rings. The molecule has 0 radical (unpaired) electrons. The molecule has 0 aromatic carbocycles. The molecule has 2 atom stereocenters. The van der Waals surface area contributed by atoms with E-state index < -0.39 is 18.0 Å². The number of ether oxygens (including phenoxy) is 1. The lowest BCUT2D eigenvalue weighted by Gasteiger charge is -2.17. The zero-order valence-electron chi connectivity index (χ0n) is 11.0. The first-order chi connectivity index (χ1) is 8.99. The van der Waals surface area contributed by atoms with Gasteiger partial charge in [-0.05, 0) is 38.7 Å². The van der Waals surface area contributed by atoms with Crippen LogP contribution < -0.4 is 0 Å². The van der Waals surface area contributed by atoms with Crippen LogP contribution in [0.4, 0.5) is 0 Å². The summed E-state index contributed by atoms with van der Waals surface area (Å²) in [6.07, 6.45) is 5.98. The number of esters is 1. The molecule has 1 heterocycles. The highest BCUT2D eigenvalue weighted by atomic mass is 16.6. The van der Waals surface area contributed by atoms with E-state index in [1.54, 1.807) is 6.08 Å². The molecule has 1 aliphatic heterocycles. The maximum Gasteiger partial charge on any atom is 0.334 e. The highest BCUT2D eigenvalue weighted by Gasteiger charge is 2.37. The first-order valence-corrected chi connectivity index (χ1v) is 6.48. The van der Waals surface area contributed by atoms with Crippen LogP contribution in [-0.4, -0.2) is 23.1 Å². The molecular weight excluding hydrogens is 244 g/mol. The molecule has 102 valence electrons. The second-order valence-electron chi connectivity index (χ2n) is 5.13. The Bertz CT molecular complexity index is 484. The summed E-state index contributed by atoms with van der Waals surface area (Å²) < 4.78 is 5.23. The SMILES string of the molecule is C=C1C(=O)O[C@H]2/C=C(/C(=O)O)CC/C=C(/C)CC[C@@H]12. The zero-order valence-corrected chi connectivity index (χ0v) is 11.0. The van der Waals surface area contributed by atoms with Crippen LogP contribution in [0, 0.1) is 5.92 Å². The van der Waals surface area contributed by atoms with Crippen LogP contribution in [0.1, 0.15) is 32.6 Å². The first-order valence-electron chi connectivity index (χ1n) is 6.48. The molecule has 0 saturated carbocycles. The average molecular weight is 262 g/mol. The smallest absolute Gasteiger partial charge is 0.334 e. The van der Waals surface area contributed by atoms with Crippen LogP contribution in [0.3, 0.4) is 0 Å². The van der Waals surface area contributed by atoms with Gasteiger partial charge in [0.2, 0.25) is 0 Å². The number of carboxylic acid groups (broad SMARTS) is 1. The monoisotopic (exact) mass is 262 g/mol. The van der Waals surface area contributed by atoms with Gasteiger partial charge in [-0.2, -0.15) is 0 Å². The summed E-state index contributed by atoms with van der Waals surface area (Å²) in [7, 11) is 0. The third kappa shape index (κ3) is 2.95. The lowest BCUT2D eigenvalue weighted by molar-refractivity contribution is -0.138. The summed E-state index contributed by atoms with van der Waals surface area (Å²) in [5.74, 6) is -1.46. The van der Waals surface area contributed by atoms with Gasteiger partial charge in [0.05, 0.1) is 0 Å². The summed E-state index contributed by atoms with van der Waals surface area (Å²) in [6.45, 7) is 5.80. The third-order valence-corrected chi connectivity index (χ3v) is 3.75. The van der Waals surface area contributed by atoms with Gasteiger partial charge in [0.25, 0.3) is 0 Å². The number of fused-ring (bicyclic) bond motifs is 1. The Morgan fingerprint density at radius 1 is 1.47 bits per heavy atom. The van der Waals surface area contributed by atoms with Crippen molar-refractivity contribution in [1.82, 2.24) is 0 Å². The zero-order chi connectivity index (χ0) is 14.0. The predicted octanol–water partition coefficient (Wildman–Crippen LogP) is 2.62. The van der Waals surface area contributed by atoms with E-state index in [9.17, 15) is 14.7 Å². The number of hydrogen-bond acceptors (Lipinski definition) is 3. The standard InChI is InChI=1S/C15H18O4/c1-9-4-3-5-11(14(16)17)8-13-12(7-6-9)10(2)15(18)19-13/h4,8,12-13H,2-3,5-7H2,1H3,(H,16,17)/b9-4-,11-8+/t12-,13-/m0/s1. The number of hydrogen-bond donors (Lipinski definition) is 1. The van der Waals surface area contributed by atoms with Crippen LogP contribution >= 0.6 is 0 Å². The number of carbonyl (C=O) groups is 2. The van der Waals surface area contributed by atoms with E-state index in [1.165, 1.54) is 5.57 Å². The molecule has 0 bridgehead atoms. The quantitative estimate of drug-likeness (QED) is 0.448. The van der Waals surface area contributed by atoms with Gasteiger partial charge in [-0.3, -0.25) is 0 Å². The number of carboxylic acids is 1. The molecule has 1 N–H and O–H groups in total. The number of allylic oxidation sites excluding steroid dienone is 2. The molecule has 4 heteroatoms. The lowest BCUT2D eigenvalue weighted by Crippen LogP contribution is -2.17. The van der Waals surface area contributed by atoms with Gasteiger partial charge in [0.1, 0.15) is 6.10 Å². The van der Waals surface area contributed by atoms with E-state index >= 15 is 0 Å². The molecule has 1 aliphatic carbocycles. The van der Waals surface area contributed by atoms with Crippen LogP contribution in [0.2, 0.25) is 0 Å². The van der Waals surface area contributed by atoms with E-state index in [2.05, 4.69) is 12.7 Å². The molecule has 2 rings (SSSR count). The second-order valence-corrected chi connectivity index (χ2v) is 5.13. The van der Waals surface area contributed by atoms with E-state index in [0.29, 0.717) is 24.0 Å². The molecule has 19 heavy (non-hydrogen) atoms. The van der Waals surface area contributed by atoms with E-state index in [1.807, 2.05) is 6.92 Å². The largest absolute Gasteiger partial charge is 0.478 e. The Labute approximate surface area is 112 Å². The predicted molar refractivity (Wildman–Crippen MR) is 70.5 cm³/mol. The van der Waals surface area contributed by atoms with Crippen molar-refractivity contribution in [3.8, 4) is 0 Å². The Morgan fingerprint density at radius 2 is 2.21 bits per heavy atom. The molecule has 1 fully saturated rings. The molecule has 0 amide bonds. The van der Waals surface area contributed by atoms with Crippen LogP contribution in [0.5, 0.6) is 0 Å². The molecule has 2 aliphatic rings. The van der Waals surface area contributed by atoms with Gasteiger partial charge in [0, 0.05) is 17.1 Å². The van der Waals surface area contributed by atoms with Crippen molar-refractivity contribution < 1.29 is 19.4 Å². The number of rotatable bonds is 1. The van der Waals surface area contributed by atoms with Crippen LogP contribution in [0.15, 0.2) is 35.5 Å². The van der Waals surface area contributed by atoms with Gasteiger partial charge < -0.3 is 9.84 Å². The summed E-state index contributed by atoms with van der Waals surface area (Å²) in [4.78, 5) is 22.8. The molecule has 0 aromatic heterocycles. The summed E-state index contributed by atoms with van der Waals surface area (Å²) in [5.41, 5.74) is 1.99. The van der Waals surface area contributed by atoms with Crippen molar-refractivity contribution >= 4 is 11.9 Å². The Hall–Kier alpha value is -1.84. The molecular formula is C15H18O4. The summed E-state index contributed by atoms with van der Waals surface area (Å²) in [6, 6.07) is 0. The van der Waals surface area contributed by atoms with E-state index in [4.69, 9.17) is 4.74 Å². The maximum absolute atomic E-state index is 11.6. The van der Waals surface area contributed by atoms with Gasteiger partial charge in [-0.1, -0.05) is 18.2 Å². The summed E-state index contributed by atoms with van der Waals surface area (Å²) in [5, 5.41) is 9.18. The first kappa shape index (κ1) is 13.6. The van der Waals surface area contributed by atoms with Crippen LogP contribution in [0.25, 0.3) is 0 Å². The second kappa shape index (κ2) is 5.43.